The van der Waals surface area contributed by atoms with Crippen LogP contribution in [0.4, 0.5) is 0 Å². The summed E-state index contributed by atoms with van der Waals surface area (Å²) in [5, 5.41) is 25.4. The first-order valence-corrected chi connectivity index (χ1v) is 30.6. The van der Waals surface area contributed by atoms with Gasteiger partial charge in [0.25, 0.3) is 0 Å². The molecule has 0 heterocycles. The van der Waals surface area contributed by atoms with Crippen LogP contribution in [0.15, 0.2) is 340 Å². The molecule has 0 aliphatic rings. The molecule has 0 fully saturated rings. The van der Waals surface area contributed by atoms with Crippen molar-refractivity contribution < 1.29 is 0 Å². The molecular weight excluding hydrogens is 1060 g/mol. The van der Waals surface area contributed by atoms with Crippen LogP contribution in [0.25, 0.3) is 174 Å². The average molecular weight is 1110 g/mol. The molecule has 0 atom stereocenters. The van der Waals surface area contributed by atoms with Crippen LogP contribution in [-0.2, 0) is 0 Å². The molecule has 0 aliphatic carbocycles. The molecule has 0 spiro atoms. The molecule has 0 saturated heterocycles. The molecule has 18 aromatic rings. The Morgan fingerprint density at radius 2 is 0.330 bits per heavy atom. The second-order valence-corrected chi connectivity index (χ2v) is 23.3. The normalized spacial score (nSPS) is 11.6. The summed E-state index contributed by atoms with van der Waals surface area (Å²) in [6.07, 6.45) is 0. The zero-order chi connectivity index (χ0) is 58.1. The van der Waals surface area contributed by atoms with Gasteiger partial charge in [-0.25, -0.2) is 0 Å². The van der Waals surface area contributed by atoms with Gasteiger partial charge < -0.3 is 0 Å². The van der Waals surface area contributed by atoms with Crippen LogP contribution in [0, 0.1) is 0 Å². The van der Waals surface area contributed by atoms with Crippen LogP contribution < -0.4 is 0 Å². The first-order valence-electron chi connectivity index (χ1n) is 30.6. The van der Waals surface area contributed by atoms with Crippen LogP contribution in [0.5, 0.6) is 0 Å². The van der Waals surface area contributed by atoms with Gasteiger partial charge in [0, 0.05) is 0 Å². The van der Waals surface area contributed by atoms with E-state index in [1.807, 2.05) is 0 Å². The van der Waals surface area contributed by atoms with Crippen molar-refractivity contribution in [3.05, 3.63) is 340 Å². The summed E-state index contributed by atoms with van der Waals surface area (Å²) < 4.78 is 0. The Labute approximate surface area is 511 Å². The van der Waals surface area contributed by atoms with E-state index < -0.39 is 0 Å². The molecule has 0 nitrogen and oxygen atoms in total. The Bertz CT molecular complexity index is 5430. The minimum Gasteiger partial charge on any atom is -0.0616 e. The van der Waals surface area contributed by atoms with E-state index in [2.05, 4.69) is 340 Å². The summed E-state index contributed by atoms with van der Waals surface area (Å²) in [5.74, 6) is 0. The third-order valence-electron chi connectivity index (χ3n) is 18.4. The lowest BCUT2D eigenvalue weighted by Crippen LogP contribution is -1.94. The van der Waals surface area contributed by atoms with Gasteiger partial charge in [-0.3, -0.25) is 0 Å². The molecule has 88 heavy (non-hydrogen) atoms. The van der Waals surface area contributed by atoms with E-state index >= 15 is 0 Å². The maximum absolute atomic E-state index is 2.35. The number of hydrogen-bond acceptors (Lipinski definition) is 0. The van der Waals surface area contributed by atoms with E-state index in [9.17, 15) is 0 Å². The highest BCUT2D eigenvalue weighted by molar-refractivity contribution is 6.30. The lowest BCUT2D eigenvalue weighted by atomic mass is 9.81. The Kier molecular flexibility index (Phi) is 12.3. The molecule has 0 aliphatic heterocycles. The molecule has 18 rings (SSSR count). The first-order chi connectivity index (χ1) is 43.7. The minimum atomic E-state index is 1.24. The maximum atomic E-state index is 2.35. The largest absolute Gasteiger partial charge is 0.0616 e. The Morgan fingerprint density at radius 1 is 0.114 bits per heavy atom. The molecule has 0 bridgehead atoms. The van der Waals surface area contributed by atoms with Crippen LogP contribution in [0.3, 0.4) is 0 Å². The summed E-state index contributed by atoms with van der Waals surface area (Å²) in [7, 11) is 0. The maximum Gasteiger partial charge on any atom is -0.00139 e. The molecule has 0 N–H and O–H groups in total. The Balaban J connectivity index is 0.000000139. The molecule has 0 unspecified atom stereocenters. The van der Waals surface area contributed by atoms with Gasteiger partial charge in [-0.2, -0.15) is 0 Å². The molecule has 0 amide bonds. The van der Waals surface area contributed by atoms with Gasteiger partial charge >= 0.3 is 0 Å². The van der Waals surface area contributed by atoms with Gasteiger partial charge in [-0.1, -0.05) is 322 Å². The second-order valence-electron chi connectivity index (χ2n) is 23.3. The van der Waals surface area contributed by atoms with E-state index in [4.69, 9.17) is 0 Å². The Hall–Kier alpha value is -11.4. The zero-order valence-corrected chi connectivity index (χ0v) is 48.3. The third kappa shape index (κ3) is 8.52. The molecular formula is C88H56. The minimum absolute atomic E-state index is 1.24. The fraction of sp³-hybridized carbons (Fsp3) is 0. The quantitative estimate of drug-likeness (QED) is 0.146. The summed E-state index contributed by atoms with van der Waals surface area (Å²) >= 11 is 0. The predicted molar refractivity (Wildman–Crippen MR) is 381 cm³/mol. The molecule has 0 heteroatoms. The van der Waals surface area contributed by atoms with Gasteiger partial charge in [-0.15, -0.1) is 0 Å². The predicted octanol–water partition coefficient (Wildman–Crippen LogP) is 24.9. The van der Waals surface area contributed by atoms with Crippen LogP contribution in [0.1, 0.15) is 0 Å². The molecule has 0 radical (unpaired) electrons. The fourth-order valence-corrected chi connectivity index (χ4v) is 14.5. The van der Waals surface area contributed by atoms with E-state index in [0.717, 1.165) is 0 Å². The highest BCUT2D eigenvalue weighted by atomic mass is 14.3. The van der Waals surface area contributed by atoms with Crippen molar-refractivity contribution in [1.29, 1.82) is 0 Å². The summed E-state index contributed by atoms with van der Waals surface area (Å²) in [4.78, 5) is 0. The first kappa shape index (κ1) is 51.0. The van der Waals surface area contributed by atoms with Crippen molar-refractivity contribution in [2.75, 3.05) is 0 Å². The van der Waals surface area contributed by atoms with E-state index in [1.165, 1.54) is 174 Å². The fourth-order valence-electron chi connectivity index (χ4n) is 14.5. The summed E-state index contributed by atoms with van der Waals surface area (Å²) in [6.45, 7) is 0. The van der Waals surface area contributed by atoms with Crippen molar-refractivity contribution in [2.45, 2.75) is 0 Å². The second kappa shape index (κ2) is 21.3. The van der Waals surface area contributed by atoms with Crippen molar-refractivity contribution in [3.8, 4) is 66.8 Å². The lowest BCUT2D eigenvalue weighted by Gasteiger charge is -2.22. The number of hydrogen-bond donors (Lipinski definition) is 0. The highest BCUT2D eigenvalue weighted by Crippen LogP contribution is 2.51. The number of rotatable bonds is 6. The Morgan fingerprint density at radius 3 is 0.648 bits per heavy atom. The highest BCUT2D eigenvalue weighted by Gasteiger charge is 2.23. The van der Waals surface area contributed by atoms with Gasteiger partial charge in [0.2, 0.25) is 0 Å². The van der Waals surface area contributed by atoms with Gasteiger partial charge in [0.15, 0.2) is 0 Å². The van der Waals surface area contributed by atoms with E-state index in [0.29, 0.717) is 0 Å². The zero-order valence-electron chi connectivity index (χ0n) is 48.3. The van der Waals surface area contributed by atoms with Crippen LogP contribution >= 0.6 is 0 Å². The summed E-state index contributed by atoms with van der Waals surface area (Å²) in [6, 6.07) is 125. The standard InChI is InChI=1S/C48H30.C40H26/c1-3-15-33-29-35(27-25-31(33)13-1)45-37-17-5-9-21-41(37)47(42-22-10-6-18-38(42)45)48-43-23-11-7-19-39(43)46(40-20-8-12-24-44(40)48)36-28-26-32-14-2-4-16-34(32)30-36;1-2-12-31-26-32(25-20-27(31)10-1)40-37-17-7-5-15-35(37)39(36-16-6-8-18-38(36)40)30-23-21-29(22-24-30)34-19-9-13-28-11-3-4-14-33(28)34/h1-30H;1-26H. The van der Waals surface area contributed by atoms with Crippen molar-refractivity contribution in [2.24, 2.45) is 0 Å². The third-order valence-corrected chi connectivity index (χ3v) is 18.4. The monoisotopic (exact) mass is 1110 g/mol. The van der Waals surface area contributed by atoms with E-state index in [-0.39, 0.29) is 0 Å². The lowest BCUT2D eigenvalue weighted by molar-refractivity contribution is 1.63. The van der Waals surface area contributed by atoms with Crippen LogP contribution in [0.2, 0.25) is 0 Å². The van der Waals surface area contributed by atoms with Crippen molar-refractivity contribution >= 4 is 108 Å². The van der Waals surface area contributed by atoms with Gasteiger partial charge in [-0.05, 0) is 193 Å². The SMILES string of the molecule is c1ccc2cc(-c3c4ccccc4c(-c4c5ccccc5c(-c5ccc6ccccc6c5)c5ccccc45)c4ccccc34)ccc2c1.c1ccc2cc(-c3c4ccccc4c(-c4ccc(-c5cccc6ccccc56)cc4)c4ccccc34)ccc2c1. The number of benzene rings is 18. The van der Waals surface area contributed by atoms with Gasteiger partial charge in [0.1, 0.15) is 0 Å². The molecule has 18 aromatic carbocycles. The summed E-state index contributed by atoms with van der Waals surface area (Å²) in [5.41, 5.74) is 15.2. The van der Waals surface area contributed by atoms with Gasteiger partial charge in [0.05, 0.1) is 0 Å². The number of fused-ring (bicyclic) bond motifs is 10. The topological polar surface area (TPSA) is 0 Å². The molecule has 0 aromatic heterocycles. The van der Waals surface area contributed by atoms with Crippen molar-refractivity contribution in [3.63, 3.8) is 0 Å². The van der Waals surface area contributed by atoms with Crippen molar-refractivity contribution in [1.82, 2.24) is 0 Å². The van der Waals surface area contributed by atoms with E-state index in [1.54, 1.807) is 0 Å². The average Bonchev–Trinajstić information content (AvgIpc) is 0.831. The molecule has 408 valence electrons. The van der Waals surface area contributed by atoms with Crippen LogP contribution in [-0.4, -0.2) is 0 Å². The molecule has 0 saturated carbocycles. The smallest absolute Gasteiger partial charge is 0.00139 e.